The van der Waals surface area contributed by atoms with Crippen LogP contribution in [0.3, 0.4) is 0 Å². The standard InChI is InChI=1S/C17H20N2O2/c1-2-21-13-8-6-12(7-9-13)18-15-4-3-5-16-14(15)10-11-17(20)19-16/h6-11,15,18H,2-5H2,1H3,(H,19,20). The lowest BCUT2D eigenvalue weighted by Gasteiger charge is -2.26. The molecule has 4 heteroatoms. The Bertz CT molecular complexity index is 661. The normalized spacial score (nSPS) is 17.1. The fourth-order valence-electron chi connectivity index (χ4n) is 2.87. The molecule has 21 heavy (non-hydrogen) atoms. The van der Waals surface area contributed by atoms with Gasteiger partial charge in [0.2, 0.25) is 5.56 Å². The predicted octanol–water partition coefficient (Wildman–Crippen LogP) is 3.26. The maximum atomic E-state index is 11.4. The second-order valence-corrected chi connectivity index (χ2v) is 5.30. The average molecular weight is 284 g/mol. The van der Waals surface area contributed by atoms with Gasteiger partial charge in [0.05, 0.1) is 12.6 Å². The lowest BCUT2D eigenvalue weighted by atomic mass is 9.91. The molecule has 0 radical (unpaired) electrons. The summed E-state index contributed by atoms with van der Waals surface area (Å²) in [6.45, 7) is 2.65. The summed E-state index contributed by atoms with van der Waals surface area (Å²) in [6, 6.07) is 11.8. The molecule has 0 aliphatic heterocycles. The van der Waals surface area contributed by atoms with E-state index in [4.69, 9.17) is 4.74 Å². The molecule has 1 aliphatic rings. The molecule has 1 heterocycles. The summed E-state index contributed by atoms with van der Waals surface area (Å²) in [5.74, 6) is 0.886. The molecule has 0 fully saturated rings. The molecule has 1 unspecified atom stereocenters. The lowest BCUT2D eigenvalue weighted by Crippen LogP contribution is -2.21. The highest BCUT2D eigenvalue weighted by atomic mass is 16.5. The van der Waals surface area contributed by atoms with Gasteiger partial charge in [0.25, 0.3) is 0 Å². The van der Waals surface area contributed by atoms with Gasteiger partial charge in [-0.25, -0.2) is 0 Å². The molecule has 1 atom stereocenters. The van der Waals surface area contributed by atoms with E-state index in [0.717, 1.165) is 36.4 Å². The van der Waals surface area contributed by atoms with Crippen LogP contribution in [0.5, 0.6) is 5.75 Å². The Hall–Kier alpha value is -2.23. The fourth-order valence-corrected chi connectivity index (χ4v) is 2.87. The van der Waals surface area contributed by atoms with Crippen LogP contribution >= 0.6 is 0 Å². The van der Waals surface area contributed by atoms with Crippen molar-refractivity contribution in [3.8, 4) is 5.75 Å². The van der Waals surface area contributed by atoms with Gasteiger partial charge < -0.3 is 15.0 Å². The average Bonchev–Trinajstić information content (AvgIpc) is 2.49. The molecular formula is C17H20N2O2. The molecule has 1 aliphatic carbocycles. The number of pyridine rings is 1. The number of fused-ring (bicyclic) bond motifs is 1. The Morgan fingerprint density at radius 3 is 2.81 bits per heavy atom. The summed E-state index contributed by atoms with van der Waals surface area (Å²) in [5.41, 5.74) is 3.32. The Labute approximate surface area is 124 Å². The molecule has 0 bridgehead atoms. The van der Waals surface area contributed by atoms with E-state index in [9.17, 15) is 4.79 Å². The van der Waals surface area contributed by atoms with E-state index >= 15 is 0 Å². The number of aromatic amines is 1. The third-order valence-electron chi connectivity index (χ3n) is 3.84. The summed E-state index contributed by atoms with van der Waals surface area (Å²) in [6.07, 6.45) is 3.11. The first-order valence-corrected chi connectivity index (χ1v) is 7.48. The van der Waals surface area contributed by atoms with Crippen molar-refractivity contribution in [1.29, 1.82) is 0 Å². The molecule has 1 aromatic carbocycles. The van der Waals surface area contributed by atoms with Gasteiger partial charge >= 0.3 is 0 Å². The highest BCUT2D eigenvalue weighted by Crippen LogP contribution is 2.31. The Morgan fingerprint density at radius 1 is 1.24 bits per heavy atom. The van der Waals surface area contributed by atoms with Crippen LogP contribution in [-0.4, -0.2) is 11.6 Å². The van der Waals surface area contributed by atoms with E-state index in [1.54, 1.807) is 6.07 Å². The van der Waals surface area contributed by atoms with Gasteiger partial charge in [0.15, 0.2) is 0 Å². The van der Waals surface area contributed by atoms with Crippen molar-refractivity contribution in [2.75, 3.05) is 11.9 Å². The molecule has 0 spiro atoms. The van der Waals surface area contributed by atoms with Gasteiger partial charge in [-0.05, 0) is 62.1 Å². The minimum absolute atomic E-state index is 0.0181. The van der Waals surface area contributed by atoms with Crippen molar-refractivity contribution >= 4 is 5.69 Å². The summed E-state index contributed by atoms with van der Waals surface area (Å²) < 4.78 is 5.45. The molecule has 2 aromatic rings. The largest absolute Gasteiger partial charge is 0.494 e. The van der Waals surface area contributed by atoms with Crippen molar-refractivity contribution in [3.63, 3.8) is 0 Å². The molecule has 0 amide bonds. The number of ether oxygens (including phenoxy) is 1. The van der Waals surface area contributed by atoms with Crippen LogP contribution in [0.4, 0.5) is 5.69 Å². The minimum Gasteiger partial charge on any atom is -0.494 e. The van der Waals surface area contributed by atoms with Crippen molar-refractivity contribution < 1.29 is 4.74 Å². The van der Waals surface area contributed by atoms with E-state index in [2.05, 4.69) is 10.3 Å². The summed E-state index contributed by atoms with van der Waals surface area (Å²) >= 11 is 0. The molecule has 2 N–H and O–H groups in total. The zero-order chi connectivity index (χ0) is 14.7. The second kappa shape index (κ2) is 6.04. The molecule has 1 aromatic heterocycles. The smallest absolute Gasteiger partial charge is 0.248 e. The summed E-state index contributed by atoms with van der Waals surface area (Å²) in [4.78, 5) is 14.4. The van der Waals surface area contributed by atoms with Crippen molar-refractivity contribution in [2.24, 2.45) is 0 Å². The van der Waals surface area contributed by atoms with Gasteiger partial charge in [-0.2, -0.15) is 0 Å². The second-order valence-electron chi connectivity index (χ2n) is 5.30. The summed E-state index contributed by atoms with van der Waals surface area (Å²) in [7, 11) is 0. The van der Waals surface area contributed by atoms with Crippen LogP contribution in [0.15, 0.2) is 41.2 Å². The van der Waals surface area contributed by atoms with Gasteiger partial charge in [0, 0.05) is 17.4 Å². The van der Waals surface area contributed by atoms with Crippen LogP contribution in [0.1, 0.15) is 37.1 Å². The first kappa shape index (κ1) is 13.7. The lowest BCUT2D eigenvalue weighted by molar-refractivity contribution is 0.340. The number of anilines is 1. The fraction of sp³-hybridized carbons (Fsp3) is 0.353. The van der Waals surface area contributed by atoms with E-state index in [1.165, 1.54) is 5.56 Å². The van der Waals surface area contributed by atoms with Crippen molar-refractivity contribution in [2.45, 2.75) is 32.2 Å². The minimum atomic E-state index is -0.0181. The van der Waals surface area contributed by atoms with E-state index in [1.807, 2.05) is 37.3 Å². The Balaban J connectivity index is 1.78. The monoisotopic (exact) mass is 284 g/mol. The van der Waals surface area contributed by atoms with Crippen LogP contribution in [0.2, 0.25) is 0 Å². The van der Waals surface area contributed by atoms with Crippen molar-refractivity contribution in [1.82, 2.24) is 4.98 Å². The van der Waals surface area contributed by atoms with Gasteiger partial charge in [-0.3, -0.25) is 4.79 Å². The van der Waals surface area contributed by atoms with Gasteiger partial charge in [-0.15, -0.1) is 0 Å². The van der Waals surface area contributed by atoms with E-state index < -0.39 is 0 Å². The number of hydrogen-bond donors (Lipinski definition) is 2. The van der Waals surface area contributed by atoms with Crippen LogP contribution < -0.4 is 15.6 Å². The number of hydrogen-bond acceptors (Lipinski definition) is 3. The highest BCUT2D eigenvalue weighted by molar-refractivity contribution is 5.49. The SMILES string of the molecule is CCOc1ccc(NC2CCCc3[nH]c(=O)ccc32)cc1. The quantitative estimate of drug-likeness (QED) is 0.906. The summed E-state index contributed by atoms with van der Waals surface area (Å²) in [5, 5.41) is 3.55. The number of nitrogens with one attached hydrogen (secondary N) is 2. The third-order valence-corrected chi connectivity index (χ3v) is 3.84. The Kier molecular flexibility index (Phi) is 3.95. The molecular weight excluding hydrogens is 264 g/mol. The van der Waals surface area contributed by atoms with Crippen LogP contribution in [-0.2, 0) is 6.42 Å². The number of rotatable bonds is 4. The molecule has 4 nitrogen and oxygen atoms in total. The number of aromatic nitrogens is 1. The maximum Gasteiger partial charge on any atom is 0.248 e. The highest BCUT2D eigenvalue weighted by Gasteiger charge is 2.20. The van der Waals surface area contributed by atoms with Crippen LogP contribution in [0.25, 0.3) is 0 Å². The molecule has 0 saturated heterocycles. The zero-order valence-electron chi connectivity index (χ0n) is 12.2. The maximum absolute atomic E-state index is 11.4. The number of H-pyrrole nitrogens is 1. The first-order chi connectivity index (χ1) is 10.3. The zero-order valence-corrected chi connectivity index (χ0v) is 12.2. The third kappa shape index (κ3) is 3.10. The van der Waals surface area contributed by atoms with Crippen LogP contribution in [0, 0.1) is 0 Å². The number of aryl methyl sites for hydroxylation is 1. The van der Waals surface area contributed by atoms with E-state index in [0.29, 0.717) is 6.61 Å². The predicted molar refractivity (Wildman–Crippen MR) is 84.0 cm³/mol. The van der Waals surface area contributed by atoms with Gasteiger partial charge in [0.1, 0.15) is 5.75 Å². The number of benzene rings is 1. The Morgan fingerprint density at radius 2 is 2.05 bits per heavy atom. The van der Waals surface area contributed by atoms with Gasteiger partial charge in [-0.1, -0.05) is 0 Å². The molecule has 0 saturated carbocycles. The van der Waals surface area contributed by atoms with E-state index in [-0.39, 0.29) is 11.6 Å². The molecule has 110 valence electrons. The topological polar surface area (TPSA) is 54.1 Å². The molecule has 3 rings (SSSR count). The van der Waals surface area contributed by atoms with Crippen molar-refractivity contribution in [3.05, 3.63) is 58.0 Å². The first-order valence-electron chi connectivity index (χ1n) is 7.48.